The predicted molar refractivity (Wildman–Crippen MR) is 381 cm³/mol. The first-order chi connectivity index (χ1) is 45.8. The van der Waals surface area contributed by atoms with E-state index in [4.69, 9.17) is 22.9 Å². The van der Waals surface area contributed by atoms with Crippen LogP contribution in [0.15, 0.2) is 110 Å². The number of nitrogen functional groups attached to an aromatic ring is 3. The minimum atomic E-state index is -3.03. The number of sulfone groups is 3. The van der Waals surface area contributed by atoms with E-state index in [-0.39, 0.29) is 29.1 Å². The molecule has 5 aliphatic rings. The topological polar surface area (TPSA) is 325 Å². The number of fused-ring (bicyclic) bond motifs is 3. The molecular formula is C70H90N16O7S3. The number of amides is 1. The summed E-state index contributed by atoms with van der Waals surface area (Å²) in [5.74, 6) is 3.62. The summed E-state index contributed by atoms with van der Waals surface area (Å²) < 4.78 is 76.2. The zero-order valence-electron chi connectivity index (χ0n) is 55.5. The van der Waals surface area contributed by atoms with Gasteiger partial charge in [0.1, 0.15) is 82.9 Å². The molecule has 14 rings (SSSR count). The Hall–Kier alpha value is -7.88. The smallest absolute Gasteiger partial charge is 0.223 e. The first kappa shape index (κ1) is 68.1. The molecule has 96 heavy (non-hydrogen) atoms. The lowest BCUT2D eigenvalue weighted by molar-refractivity contribution is -0.127. The minimum Gasteiger partial charge on any atom is -0.383 e. The van der Waals surface area contributed by atoms with E-state index in [1.54, 1.807) is 6.33 Å². The summed E-state index contributed by atoms with van der Waals surface area (Å²) in [4.78, 5) is 44.8. The van der Waals surface area contributed by atoms with Gasteiger partial charge in [-0.3, -0.25) is 4.79 Å². The van der Waals surface area contributed by atoms with Crippen LogP contribution in [0.1, 0.15) is 86.2 Å². The van der Waals surface area contributed by atoms with Gasteiger partial charge in [0.15, 0.2) is 0 Å². The number of primary amides is 1. The van der Waals surface area contributed by atoms with Crippen LogP contribution in [0.25, 0.3) is 66.5 Å². The van der Waals surface area contributed by atoms with Crippen LogP contribution in [0.3, 0.4) is 0 Å². The number of hydrogen-bond acceptors (Lipinski definition) is 19. The molecule has 0 unspecified atom stereocenters. The number of aromatic nitrogens is 9. The van der Waals surface area contributed by atoms with E-state index < -0.39 is 29.5 Å². The van der Waals surface area contributed by atoms with Crippen molar-refractivity contribution in [3.8, 4) is 33.4 Å². The molecule has 1 amide bonds. The Morgan fingerprint density at radius 1 is 0.490 bits per heavy atom. The summed E-state index contributed by atoms with van der Waals surface area (Å²) in [6, 6.07) is 25.2. The number of benzene rings is 3. The van der Waals surface area contributed by atoms with Crippen LogP contribution in [-0.4, -0.2) is 185 Å². The summed E-state index contributed by atoms with van der Waals surface area (Å²) in [7, 11) is -4.82. The molecule has 3 saturated carbocycles. The number of likely N-dealkylation sites (tertiary alicyclic amines) is 2. The van der Waals surface area contributed by atoms with Crippen molar-refractivity contribution in [1.29, 1.82) is 0 Å². The van der Waals surface area contributed by atoms with Crippen LogP contribution in [0, 0.1) is 23.7 Å². The van der Waals surface area contributed by atoms with E-state index in [1.807, 2.05) is 66.7 Å². The van der Waals surface area contributed by atoms with Gasteiger partial charge in [-0.05, 0) is 149 Å². The second-order valence-electron chi connectivity index (χ2n) is 28.0. The van der Waals surface area contributed by atoms with Gasteiger partial charge in [-0.2, -0.15) is 0 Å². The Kier molecular flexibility index (Phi) is 20.1. The average molecular weight is 1360 g/mol. The van der Waals surface area contributed by atoms with Gasteiger partial charge in [-0.15, -0.1) is 0 Å². The van der Waals surface area contributed by atoms with Crippen molar-refractivity contribution < 1.29 is 30.0 Å². The van der Waals surface area contributed by atoms with Gasteiger partial charge in [0.25, 0.3) is 0 Å². The maximum absolute atomic E-state index is 11.6. The van der Waals surface area contributed by atoms with Crippen molar-refractivity contribution >= 4 is 86.0 Å². The molecule has 2 saturated heterocycles. The molecule has 3 aromatic carbocycles. The van der Waals surface area contributed by atoms with Crippen LogP contribution in [-0.2, 0) is 53.6 Å². The Morgan fingerprint density at radius 2 is 0.823 bits per heavy atom. The molecule has 26 heteroatoms. The lowest BCUT2D eigenvalue weighted by Gasteiger charge is -2.44. The highest BCUT2D eigenvalue weighted by Gasteiger charge is 2.39. The fraction of sp³-hybridized carbons (Fsp3) is 0.471. The zero-order valence-corrected chi connectivity index (χ0v) is 58.0. The van der Waals surface area contributed by atoms with Crippen molar-refractivity contribution in [1.82, 2.24) is 58.3 Å². The fourth-order valence-corrected chi connectivity index (χ4v) is 16.6. The third-order valence-corrected chi connectivity index (χ3v) is 22.8. The summed E-state index contributed by atoms with van der Waals surface area (Å²) in [6.45, 7) is 7.34. The van der Waals surface area contributed by atoms with Gasteiger partial charge in [0, 0.05) is 105 Å². The summed E-state index contributed by atoms with van der Waals surface area (Å²) in [6.07, 6.45) is 25.6. The molecular weight excluding hydrogens is 1270 g/mol. The third-order valence-electron chi connectivity index (χ3n) is 19.9. The fourth-order valence-electron chi connectivity index (χ4n) is 14.8. The molecule has 8 heterocycles. The average Bonchev–Trinajstić information content (AvgIpc) is 1.61. The minimum absolute atomic E-state index is 0.000281. The summed E-state index contributed by atoms with van der Waals surface area (Å²) in [5.41, 5.74) is 35.8. The molecule has 0 atom stereocenters. The van der Waals surface area contributed by atoms with E-state index in [2.05, 4.69) is 97.1 Å². The van der Waals surface area contributed by atoms with Gasteiger partial charge >= 0.3 is 0 Å². The molecule has 0 bridgehead atoms. The van der Waals surface area contributed by atoms with Crippen LogP contribution < -0.4 is 22.9 Å². The van der Waals surface area contributed by atoms with E-state index in [1.165, 1.54) is 63.9 Å². The number of hydrogen-bond donors (Lipinski definition) is 4. The van der Waals surface area contributed by atoms with Crippen molar-refractivity contribution in [3.05, 3.63) is 127 Å². The molecule has 5 fully saturated rings. The van der Waals surface area contributed by atoms with Crippen LogP contribution in [0.4, 0.5) is 17.5 Å². The molecule has 3 aliphatic carbocycles. The van der Waals surface area contributed by atoms with Crippen LogP contribution >= 0.6 is 0 Å². The Labute approximate surface area is 562 Å². The highest BCUT2D eigenvalue weighted by molar-refractivity contribution is 7.91. The van der Waals surface area contributed by atoms with Gasteiger partial charge in [-0.25, -0.2) is 55.2 Å². The monoisotopic (exact) mass is 1360 g/mol. The van der Waals surface area contributed by atoms with Gasteiger partial charge in [0.05, 0.1) is 39.3 Å². The number of nitrogens with two attached hydrogens (primary N) is 4. The van der Waals surface area contributed by atoms with Crippen molar-refractivity contribution in [2.24, 2.45) is 29.4 Å². The standard InChI is InChI=1S/C24H30N6O3S.C24H31N5O2S.C22H29N5O2S/c1-34(32,33)6-5-15-3-2-4-17(7-15)20-13-30(24-21(20)22(25)27-14-28-24)19-8-16(9-19)10-29-11-18(12-29)23(26)31;1-32(30,31)10-7-17-5-4-6-19(11-17)21-15-29(24-22(21)23(25)26-16-27-24)20-12-18(13-20)14-28-8-2-3-9-28;1-26(2)12-16-10-18(11-16)27-13-19(20-21(23)24-14-25-22(20)27)17-6-4-5-15(9-17)7-8-30(3,28)29/h2-4,7,13-14,16,18-19H,5-6,8-12H2,1H3,(H2,26,31)(H2,25,27,28);4-6,11,15-16,18,20H,2-3,7-10,12-14H2,1H3,(H2,25,26,27);4-6,9,13-14,16,18H,7-8,10-12H2,1-3H3,(H2,23,24,25). The molecule has 23 nitrogen and oxygen atoms in total. The molecule has 8 N–H and O–H groups in total. The lowest BCUT2D eigenvalue weighted by atomic mass is 9.79. The number of anilines is 3. The largest absolute Gasteiger partial charge is 0.383 e. The maximum atomic E-state index is 11.6. The zero-order chi connectivity index (χ0) is 67.8. The van der Waals surface area contributed by atoms with Crippen LogP contribution in [0.5, 0.6) is 0 Å². The Bertz CT molecular complexity index is 4660. The number of carbonyl (C=O) groups excluding carboxylic acids is 1. The molecule has 0 spiro atoms. The quantitative estimate of drug-likeness (QED) is 0.0504. The lowest BCUT2D eigenvalue weighted by Crippen LogP contribution is -2.54. The SMILES string of the molecule is CN(C)CC1CC(n2cc(-c3cccc(CCS(C)(=O)=O)c3)c3c(N)ncnc32)C1.CS(=O)(=O)CCc1cccc(-c2cn(C3CC(CN4CC(C(N)=O)C4)C3)c3ncnc(N)c23)c1.CS(=O)(=O)CCc1cccc(-c2cn(C3CC(CN4CCCC4)C3)c3ncnc(N)c23)c1. The third kappa shape index (κ3) is 16.1. The first-order valence-electron chi connectivity index (χ1n) is 33.3. The van der Waals surface area contributed by atoms with E-state index >= 15 is 0 Å². The number of aryl methyl sites for hydroxylation is 3. The molecule has 510 valence electrons. The number of carbonyl (C=O) groups is 1. The normalized spacial score (nSPS) is 20.9. The van der Waals surface area contributed by atoms with E-state index in [0.717, 1.165) is 154 Å². The highest BCUT2D eigenvalue weighted by atomic mass is 32.2. The second-order valence-corrected chi connectivity index (χ2v) is 34.8. The number of nitrogens with zero attached hydrogens (tertiary/aromatic N) is 12. The second kappa shape index (κ2) is 28.3. The highest BCUT2D eigenvalue weighted by Crippen LogP contribution is 2.47. The molecule has 6 aromatic heterocycles. The van der Waals surface area contributed by atoms with Crippen molar-refractivity contribution in [2.45, 2.75) is 88.8 Å². The number of rotatable bonds is 22. The van der Waals surface area contributed by atoms with Crippen molar-refractivity contribution in [3.63, 3.8) is 0 Å². The van der Waals surface area contributed by atoms with E-state index in [9.17, 15) is 30.0 Å². The summed E-state index contributed by atoms with van der Waals surface area (Å²) >= 11 is 0. The van der Waals surface area contributed by atoms with Gasteiger partial charge < -0.3 is 51.3 Å². The van der Waals surface area contributed by atoms with E-state index in [0.29, 0.717) is 66.7 Å². The van der Waals surface area contributed by atoms with Gasteiger partial charge in [0.2, 0.25) is 5.91 Å². The molecule has 0 radical (unpaired) electrons. The molecule has 9 aromatic rings. The maximum Gasteiger partial charge on any atom is 0.223 e. The van der Waals surface area contributed by atoms with Crippen molar-refractivity contribution in [2.75, 3.05) is 113 Å². The molecule has 2 aliphatic heterocycles. The summed E-state index contributed by atoms with van der Waals surface area (Å²) in [5, 5.41) is 2.59. The Balaban J connectivity index is 0.000000138. The Morgan fingerprint density at radius 3 is 1.15 bits per heavy atom. The van der Waals surface area contributed by atoms with Gasteiger partial charge in [-0.1, -0.05) is 72.8 Å². The first-order valence-corrected chi connectivity index (χ1v) is 39.5. The van der Waals surface area contributed by atoms with Crippen LogP contribution in [0.2, 0.25) is 0 Å². The predicted octanol–water partition coefficient (Wildman–Crippen LogP) is 7.73.